The molecular weight excluding hydrogens is 246 g/mol. The molecule has 0 aromatic heterocycles. The molecule has 0 atom stereocenters. The quantitative estimate of drug-likeness (QED) is 0.630. The first-order valence-corrected chi connectivity index (χ1v) is 6.10. The number of Topliss-reactive ketones (excluding diaryl/α,β-unsaturated/α-hetero) is 1. The van der Waals surface area contributed by atoms with Gasteiger partial charge in [0, 0.05) is 18.9 Å². The fourth-order valence-corrected chi connectivity index (χ4v) is 1.61. The lowest BCUT2D eigenvalue weighted by Gasteiger charge is -2.08. The molecule has 1 aromatic rings. The molecule has 5 nitrogen and oxygen atoms in total. The van der Waals surface area contributed by atoms with E-state index in [9.17, 15) is 14.4 Å². The van der Waals surface area contributed by atoms with Crippen molar-refractivity contribution in [3.63, 3.8) is 0 Å². The van der Waals surface area contributed by atoms with Crippen molar-refractivity contribution >= 4 is 23.3 Å². The number of ketones is 1. The Morgan fingerprint density at radius 1 is 1.16 bits per heavy atom. The third-order valence-corrected chi connectivity index (χ3v) is 2.40. The Hall–Kier alpha value is -2.17. The molecule has 0 aliphatic carbocycles. The molecule has 0 aliphatic heterocycles. The lowest BCUT2D eigenvalue weighted by atomic mass is 10.0. The van der Waals surface area contributed by atoms with E-state index in [4.69, 9.17) is 4.74 Å². The number of para-hydroxylation sites is 1. The molecule has 102 valence electrons. The number of ether oxygens (including phenoxy) is 1. The highest BCUT2D eigenvalue weighted by molar-refractivity contribution is 6.05. The molecule has 19 heavy (non-hydrogen) atoms. The smallest absolute Gasteiger partial charge is 0.306 e. The van der Waals surface area contributed by atoms with Gasteiger partial charge in [0.2, 0.25) is 5.91 Å². The average Bonchev–Trinajstić information content (AvgIpc) is 2.36. The molecule has 5 heteroatoms. The van der Waals surface area contributed by atoms with Crippen molar-refractivity contribution in [2.75, 3.05) is 11.9 Å². The van der Waals surface area contributed by atoms with Crippen molar-refractivity contribution < 1.29 is 19.1 Å². The normalized spacial score (nSPS) is 9.79. The Balaban J connectivity index is 2.71. The van der Waals surface area contributed by atoms with Gasteiger partial charge in [0.1, 0.15) is 0 Å². The maximum absolute atomic E-state index is 12.0. The first-order chi connectivity index (χ1) is 9.04. The van der Waals surface area contributed by atoms with Gasteiger partial charge in [-0.2, -0.15) is 0 Å². The van der Waals surface area contributed by atoms with E-state index in [1.165, 1.54) is 6.92 Å². The van der Waals surface area contributed by atoms with Gasteiger partial charge >= 0.3 is 5.97 Å². The van der Waals surface area contributed by atoms with Crippen LogP contribution < -0.4 is 5.32 Å². The molecule has 0 saturated carbocycles. The molecule has 1 N–H and O–H groups in total. The van der Waals surface area contributed by atoms with Crippen LogP contribution in [0.4, 0.5) is 5.69 Å². The second kappa shape index (κ2) is 7.31. The largest absolute Gasteiger partial charge is 0.466 e. The first-order valence-electron chi connectivity index (χ1n) is 6.10. The molecule has 0 heterocycles. The number of nitrogens with one attached hydrogen (secondary N) is 1. The van der Waals surface area contributed by atoms with E-state index in [2.05, 4.69) is 5.32 Å². The van der Waals surface area contributed by atoms with E-state index in [0.29, 0.717) is 17.9 Å². The van der Waals surface area contributed by atoms with E-state index < -0.39 is 5.97 Å². The van der Waals surface area contributed by atoms with Gasteiger partial charge in [0.15, 0.2) is 5.78 Å². The number of carbonyl (C=O) groups is 3. The lowest BCUT2D eigenvalue weighted by molar-refractivity contribution is -0.143. The molecule has 0 aliphatic rings. The summed E-state index contributed by atoms with van der Waals surface area (Å²) >= 11 is 0. The fourth-order valence-electron chi connectivity index (χ4n) is 1.61. The summed E-state index contributed by atoms with van der Waals surface area (Å²) in [6.45, 7) is 3.39. The second-order valence-corrected chi connectivity index (χ2v) is 3.95. The molecule has 0 bridgehead atoms. The Labute approximate surface area is 111 Å². The van der Waals surface area contributed by atoms with E-state index >= 15 is 0 Å². The van der Waals surface area contributed by atoms with Gasteiger partial charge < -0.3 is 10.1 Å². The fraction of sp³-hybridized carbons (Fsp3) is 0.357. The van der Waals surface area contributed by atoms with Crippen LogP contribution in [0.1, 0.15) is 37.0 Å². The molecule has 0 saturated heterocycles. The number of anilines is 1. The number of esters is 1. The van der Waals surface area contributed by atoms with Crippen LogP contribution in [-0.4, -0.2) is 24.3 Å². The summed E-state index contributed by atoms with van der Waals surface area (Å²) in [4.78, 5) is 34.2. The van der Waals surface area contributed by atoms with Crippen molar-refractivity contribution in [3.05, 3.63) is 29.8 Å². The van der Waals surface area contributed by atoms with Gasteiger partial charge in [0.25, 0.3) is 0 Å². The highest BCUT2D eigenvalue weighted by Crippen LogP contribution is 2.17. The van der Waals surface area contributed by atoms with Crippen LogP contribution in [0.25, 0.3) is 0 Å². The summed E-state index contributed by atoms with van der Waals surface area (Å²) in [5.41, 5.74) is 0.867. The van der Waals surface area contributed by atoms with E-state index in [1.54, 1.807) is 31.2 Å². The molecule has 0 fully saturated rings. The van der Waals surface area contributed by atoms with E-state index in [-0.39, 0.29) is 24.5 Å². The predicted octanol–water partition coefficient (Wildman–Crippen LogP) is 2.17. The number of carbonyl (C=O) groups excluding carboxylic acids is 3. The number of rotatable bonds is 6. The van der Waals surface area contributed by atoms with Gasteiger partial charge in [-0.25, -0.2) is 0 Å². The number of benzene rings is 1. The van der Waals surface area contributed by atoms with Gasteiger partial charge in [-0.05, 0) is 19.1 Å². The minimum absolute atomic E-state index is 0.0427. The van der Waals surface area contributed by atoms with Gasteiger partial charge in [-0.15, -0.1) is 0 Å². The molecule has 1 rings (SSSR count). The minimum Gasteiger partial charge on any atom is -0.466 e. The zero-order chi connectivity index (χ0) is 14.3. The van der Waals surface area contributed by atoms with E-state index in [0.717, 1.165) is 0 Å². The number of hydrogen-bond donors (Lipinski definition) is 1. The minimum atomic E-state index is -0.396. The Kier molecular flexibility index (Phi) is 5.73. The predicted molar refractivity (Wildman–Crippen MR) is 70.9 cm³/mol. The topological polar surface area (TPSA) is 72.5 Å². The van der Waals surface area contributed by atoms with Crippen LogP contribution in [0.15, 0.2) is 24.3 Å². The summed E-state index contributed by atoms with van der Waals surface area (Å²) in [5.74, 6) is -0.837. The highest BCUT2D eigenvalue weighted by Gasteiger charge is 2.13. The monoisotopic (exact) mass is 263 g/mol. The van der Waals surface area contributed by atoms with Crippen LogP contribution >= 0.6 is 0 Å². The third-order valence-electron chi connectivity index (χ3n) is 2.40. The number of amides is 1. The van der Waals surface area contributed by atoms with Gasteiger partial charge in [-0.1, -0.05) is 12.1 Å². The first kappa shape index (κ1) is 14.9. The van der Waals surface area contributed by atoms with Crippen molar-refractivity contribution in [2.24, 2.45) is 0 Å². The molecular formula is C14H17NO4. The van der Waals surface area contributed by atoms with Gasteiger partial charge in [0.05, 0.1) is 18.7 Å². The zero-order valence-electron chi connectivity index (χ0n) is 11.1. The summed E-state index contributed by atoms with van der Waals surface area (Å²) in [6, 6.07) is 6.72. The average molecular weight is 263 g/mol. The number of hydrogen-bond acceptors (Lipinski definition) is 4. The Morgan fingerprint density at radius 2 is 1.84 bits per heavy atom. The van der Waals surface area contributed by atoms with Crippen LogP contribution in [-0.2, 0) is 14.3 Å². The summed E-state index contributed by atoms with van der Waals surface area (Å²) in [5, 5.41) is 2.59. The highest BCUT2D eigenvalue weighted by atomic mass is 16.5. The van der Waals surface area contributed by atoms with Gasteiger partial charge in [-0.3, -0.25) is 14.4 Å². The molecule has 0 spiro atoms. The van der Waals surface area contributed by atoms with Crippen LogP contribution in [0.5, 0.6) is 0 Å². The third kappa shape index (κ3) is 4.91. The molecule has 0 radical (unpaired) electrons. The van der Waals surface area contributed by atoms with Crippen molar-refractivity contribution in [2.45, 2.75) is 26.7 Å². The van der Waals surface area contributed by atoms with E-state index in [1.807, 2.05) is 0 Å². The Morgan fingerprint density at radius 3 is 2.47 bits per heavy atom. The molecule has 1 aromatic carbocycles. The summed E-state index contributed by atoms with van der Waals surface area (Å²) < 4.78 is 4.76. The van der Waals surface area contributed by atoms with Crippen LogP contribution in [0.3, 0.4) is 0 Å². The summed E-state index contributed by atoms with van der Waals surface area (Å²) in [6.07, 6.45) is 0.108. The molecule has 0 unspecified atom stereocenters. The van der Waals surface area contributed by atoms with Crippen molar-refractivity contribution in [3.8, 4) is 0 Å². The second-order valence-electron chi connectivity index (χ2n) is 3.95. The maximum atomic E-state index is 12.0. The van der Waals surface area contributed by atoms with Crippen LogP contribution in [0, 0.1) is 0 Å². The van der Waals surface area contributed by atoms with Crippen molar-refractivity contribution in [1.82, 2.24) is 0 Å². The van der Waals surface area contributed by atoms with Crippen LogP contribution in [0.2, 0.25) is 0 Å². The van der Waals surface area contributed by atoms with Crippen molar-refractivity contribution in [1.29, 1.82) is 0 Å². The SMILES string of the molecule is CCOC(=O)CCC(=O)c1ccccc1NC(C)=O. The summed E-state index contributed by atoms with van der Waals surface area (Å²) in [7, 11) is 0. The lowest BCUT2D eigenvalue weighted by Crippen LogP contribution is -2.12. The zero-order valence-corrected chi connectivity index (χ0v) is 11.1. The Bertz CT molecular complexity index is 482. The maximum Gasteiger partial charge on any atom is 0.306 e. The molecule has 1 amide bonds. The standard InChI is InChI=1S/C14H17NO4/c1-3-19-14(18)9-8-13(17)11-6-4-5-7-12(11)15-10(2)16/h4-7H,3,8-9H2,1-2H3,(H,15,16).